The second-order valence-electron chi connectivity index (χ2n) is 7.44. The summed E-state index contributed by atoms with van der Waals surface area (Å²) in [5.41, 5.74) is 5.69. The molecule has 1 fully saturated rings. The first-order chi connectivity index (χ1) is 14.8. The highest BCUT2D eigenvalue weighted by Gasteiger charge is 2.49. The molecule has 1 aromatic carbocycles. The van der Waals surface area contributed by atoms with Gasteiger partial charge in [-0.3, -0.25) is 4.79 Å². The molecule has 1 aliphatic heterocycles. The number of nitrogen functional groups attached to an aromatic ring is 1. The van der Waals surface area contributed by atoms with Crippen molar-refractivity contribution in [1.29, 1.82) is 0 Å². The standard InChI is InChI=1S/C22H21ClN4O4/c1-3-22(12-30-20(29)13(2)14-7-5-4-6-8-14)16(28)11-17(31-22)27-10-9-15-18(24)25-21(23)26-19(15)27/h1,4-10,13,16-17,28H,11-12H2,2H3,(H2,24,25,26)/t13-,16-,17+,22+/m0/s1. The van der Waals surface area contributed by atoms with E-state index in [-0.39, 0.29) is 24.1 Å². The lowest BCUT2D eigenvalue weighted by atomic mass is 9.98. The van der Waals surface area contributed by atoms with Gasteiger partial charge in [0.15, 0.2) is 5.60 Å². The number of halogens is 1. The van der Waals surface area contributed by atoms with Crippen molar-refractivity contribution in [3.63, 3.8) is 0 Å². The Hall–Kier alpha value is -3.12. The average Bonchev–Trinajstić information content (AvgIpc) is 3.33. The van der Waals surface area contributed by atoms with Crippen molar-refractivity contribution in [2.75, 3.05) is 12.3 Å². The lowest BCUT2D eigenvalue weighted by Crippen LogP contribution is -2.43. The number of aromatic nitrogens is 3. The fourth-order valence-electron chi connectivity index (χ4n) is 3.67. The van der Waals surface area contributed by atoms with Crippen molar-refractivity contribution in [1.82, 2.24) is 14.5 Å². The van der Waals surface area contributed by atoms with E-state index in [1.165, 1.54) is 0 Å². The molecule has 8 nitrogen and oxygen atoms in total. The van der Waals surface area contributed by atoms with Gasteiger partial charge in [0.05, 0.1) is 11.3 Å². The number of carbonyl (C=O) groups excluding carboxylic acids is 1. The summed E-state index contributed by atoms with van der Waals surface area (Å²) in [5.74, 6) is 1.77. The van der Waals surface area contributed by atoms with Crippen LogP contribution in [0.2, 0.25) is 5.28 Å². The molecule has 31 heavy (non-hydrogen) atoms. The van der Waals surface area contributed by atoms with Crippen molar-refractivity contribution >= 4 is 34.4 Å². The molecular formula is C22H21ClN4O4. The molecule has 3 aromatic rings. The zero-order valence-corrected chi connectivity index (χ0v) is 17.5. The van der Waals surface area contributed by atoms with Crippen LogP contribution < -0.4 is 5.73 Å². The molecule has 4 rings (SSSR count). The molecule has 1 aliphatic rings. The predicted molar refractivity (Wildman–Crippen MR) is 115 cm³/mol. The summed E-state index contributed by atoms with van der Waals surface area (Å²) in [5, 5.41) is 11.3. The van der Waals surface area contributed by atoms with Crippen molar-refractivity contribution in [3.05, 3.63) is 53.4 Å². The first-order valence-corrected chi connectivity index (χ1v) is 10.1. The van der Waals surface area contributed by atoms with Gasteiger partial charge in [-0.25, -0.2) is 4.98 Å². The van der Waals surface area contributed by atoms with Crippen LogP contribution in [-0.4, -0.2) is 43.9 Å². The summed E-state index contributed by atoms with van der Waals surface area (Å²) in [6.07, 6.45) is 5.87. The van der Waals surface area contributed by atoms with Gasteiger partial charge in [0, 0.05) is 12.6 Å². The van der Waals surface area contributed by atoms with E-state index in [2.05, 4.69) is 15.9 Å². The Morgan fingerprint density at radius 1 is 1.45 bits per heavy atom. The van der Waals surface area contributed by atoms with Gasteiger partial charge in [-0.15, -0.1) is 6.42 Å². The zero-order valence-electron chi connectivity index (χ0n) is 16.7. The number of aliphatic hydroxyl groups excluding tert-OH is 1. The number of rotatable bonds is 5. The van der Waals surface area contributed by atoms with E-state index >= 15 is 0 Å². The predicted octanol–water partition coefficient (Wildman–Crippen LogP) is 2.67. The molecule has 0 spiro atoms. The Bertz CT molecular complexity index is 1160. The minimum Gasteiger partial charge on any atom is -0.461 e. The van der Waals surface area contributed by atoms with Gasteiger partial charge >= 0.3 is 5.97 Å². The SMILES string of the molecule is C#C[C@]1(COC(=O)[C@@H](C)c2ccccc2)O[C@@H](n2ccc3c(N)nc(Cl)nc32)C[C@@H]1O. The molecule has 160 valence electrons. The minimum atomic E-state index is -1.49. The number of anilines is 1. The number of nitrogens with zero attached hydrogens (tertiary/aromatic N) is 3. The van der Waals surface area contributed by atoms with Gasteiger partial charge in [0.25, 0.3) is 0 Å². The first kappa shape index (κ1) is 21.1. The molecule has 2 aromatic heterocycles. The molecule has 3 heterocycles. The number of carbonyl (C=O) groups is 1. The third-order valence-corrected chi connectivity index (χ3v) is 5.69. The van der Waals surface area contributed by atoms with E-state index in [4.69, 9.17) is 33.2 Å². The Morgan fingerprint density at radius 3 is 2.90 bits per heavy atom. The quantitative estimate of drug-likeness (QED) is 0.356. The van der Waals surface area contributed by atoms with Gasteiger partial charge in [0.2, 0.25) is 5.28 Å². The number of esters is 1. The first-order valence-electron chi connectivity index (χ1n) is 9.69. The summed E-state index contributed by atoms with van der Waals surface area (Å²) in [4.78, 5) is 20.7. The number of ether oxygens (including phenoxy) is 2. The van der Waals surface area contributed by atoms with Gasteiger partial charge in [-0.1, -0.05) is 36.3 Å². The van der Waals surface area contributed by atoms with E-state index in [0.717, 1.165) is 5.56 Å². The summed E-state index contributed by atoms with van der Waals surface area (Å²) in [7, 11) is 0. The fraction of sp³-hybridized carbons (Fsp3) is 0.318. The fourth-order valence-corrected chi connectivity index (χ4v) is 3.84. The normalized spacial score (nSPS) is 24.1. The number of fused-ring (bicyclic) bond motifs is 1. The molecule has 0 saturated carbocycles. The molecule has 0 radical (unpaired) electrons. The maximum atomic E-state index is 12.5. The Morgan fingerprint density at radius 2 is 2.19 bits per heavy atom. The van der Waals surface area contributed by atoms with E-state index < -0.39 is 29.8 Å². The molecule has 4 atom stereocenters. The van der Waals surface area contributed by atoms with Crippen molar-refractivity contribution in [3.8, 4) is 12.3 Å². The van der Waals surface area contributed by atoms with Crippen LogP contribution in [-0.2, 0) is 14.3 Å². The second-order valence-corrected chi connectivity index (χ2v) is 7.77. The van der Waals surface area contributed by atoms with Crippen molar-refractivity contribution in [2.45, 2.75) is 37.2 Å². The molecule has 9 heteroatoms. The molecule has 1 saturated heterocycles. The highest BCUT2D eigenvalue weighted by atomic mass is 35.5. The average molecular weight is 441 g/mol. The number of aliphatic hydroxyl groups is 1. The number of terminal acetylenes is 1. The molecule has 0 bridgehead atoms. The summed E-state index contributed by atoms with van der Waals surface area (Å²) < 4.78 is 13.2. The van der Waals surface area contributed by atoms with E-state index in [1.807, 2.05) is 30.3 Å². The van der Waals surface area contributed by atoms with Crippen LogP contribution in [0.4, 0.5) is 5.82 Å². The number of nitrogens with two attached hydrogens (primary N) is 1. The smallest absolute Gasteiger partial charge is 0.313 e. The van der Waals surface area contributed by atoms with Crippen LogP contribution >= 0.6 is 11.6 Å². The van der Waals surface area contributed by atoms with Gasteiger partial charge in [0.1, 0.15) is 30.4 Å². The maximum Gasteiger partial charge on any atom is 0.313 e. The lowest BCUT2D eigenvalue weighted by Gasteiger charge is -2.27. The van der Waals surface area contributed by atoms with E-state index in [0.29, 0.717) is 11.0 Å². The number of benzene rings is 1. The molecule has 3 N–H and O–H groups in total. The molecule has 0 amide bonds. The minimum absolute atomic E-state index is 0.00413. The number of hydrogen-bond donors (Lipinski definition) is 2. The van der Waals surface area contributed by atoms with Crippen molar-refractivity contribution in [2.24, 2.45) is 0 Å². The highest BCUT2D eigenvalue weighted by Crippen LogP contribution is 2.39. The van der Waals surface area contributed by atoms with Crippen LogP contribution in [0.25, 0.3) is 11.0 Å². The second kappa shape index (κ2) is 8.19. The van der Waals surface area contributed by atoms with Gasteiger partial charge in [-0.05, 0) is 30.2 Å². The van der Waals surface area contributed by atoms with E-state index in [9.17, 15) is 9.90 Å². The zero-order chi connectivity index (χ0) is 22.2. The Balaban J connectivity index is 1.52. The summed E-state index contributed by atoms with van der Waals surface area (Å²) in [6, 6.07) is 11.0. The van der Waals surface area contributed by atoms with Gasteiger partial charge < -0.3 is 24.9 Å². The lowest BCUT2D eigenvalue weighted by molar-refractivity contribution is -0.157. The van der Waals surface area contributed by atoms with Crippen molar-refractivity contribution < 1.29 is 19.4 Å². The topological polar surface area (TPSA) is 112 Å². The molecule has 0 unspecified atom stereocenters. The number of hydrogen-bond acceptors (Lipinski definition) is 7. The molecular weight excluding hydrogens is 420 g/mol. The summed E-state index contributed by atoms with van der Waals surface area (Å²) in [6.45, 7) is 1.46. The maximum absolute atomic E-state index is 12.5. The highest BCUT2D eigenvalue weighted by molar-refractivity contribution is 6.28. The van der Waals surface area contributed by atoms with Crippen LogP contribution in [0.1, 0.15) is 31.1 Å². The van der Waals surface area contributed by atoms with E-state index in [1.54, 1.807) is 23.8 Å². The van der Waals surface area contributed by atoms with Crippen LogP contribution in [0, 0.1) is 12.3 Å². The summed E-state index contributed by atoms with van der Waals surface area (Å²) >= 11 is 5.94. The monoisotopic (exact) mass is 440 g/mol. The van der Waals surface area contributed by atoms with Gasteiger partial charge in [-0.2, -0.15) is 4.98 Å². The third-order valence-electron chi connectivity index (χ3n) is 5.52. The largest absolute Gasteiger partial charge is 0.461 e. The Kier molecular flexibility index (Phi) is 5.58. The van der Waals surface area contributed by atoms with Crippen LogP contribution in [0.15, 0.2) is 42.6 Å². The molecule has 0 aliphatic carbocycles. The van der Waals surface area contributed by atoms with Crippen LogP contribution in [0.5, 0.6) is 0 Å². The van der Waals surface area contributed by atoms with Crippen LogP contribution in [0.3, 0.4) is 0 Å². The Labute approximate surface area is 183 Å². The third kappa shape index (κ3) is 3.83.